The molecule has 1 aromatic rings. The number of aromatic nitrogens is 2. The molecule has 0 unspecified atom stereocenters. The first kappa shape index (κ1) is 15.2. The van der Waals surface area contributed by atoms with Crippen LogP contribution in [-0.2, 0) is 13.2 Å². The van der Waals surface area contributed by atoms with Crippen LogP contribution in [0.5, 0.6) is 0 Å². The third-order valence-corrected chi connectivity index (χ3v) is 1.98. The third kappa shape index (κ3) is 3.12. The van der Waals surface area contributed by atoms with Gasteiger partial charge in [0.1, 0.15) is 10.7 Å². The zero-order valence-corrected chi connectivity index (χ0v) is 10.2. The SMILES string of the molecule is CC.Cn1nc(C(F)(F)F)c(Cl)c1C(=O)Cl. The van der Waals surface area contributed by atoms with Crippen molar-refractivity contribution in [2.75, 3.05) is 0 Å². The van der Waals surface area contributed by atoms with E-state index >= 15 is 0 Å². The molecule has 0 radical (unpaired) electrons. The predicted molar refractivity (Wildman–Crippen MR) is 54.8 cm³/mol. The minimum atomic E-state index is -4.70. The highest BCUT2D eigenvalue weighted by atomic mass is 35.5. The van der Waals surface area contributed by atoms with Crippen molar-refractivity contribution in [1.29, 1.82) is 0 Å². The topological polar surface area (TPSA) is 34.9 Å². The summed E-state index contributed by atoms with van der Waals surface area (Å²) in [4.78, 5) is 10.7. The van der Waals surface area contributed by atoms with Crippen LogP contribution in [0.4, 0.5) is 13.2 Å². The predicted octanol–water partition coefficient (Wildman–Crippen LogP) is 3.50. The molecule has 0 spiro atoms. The first-order valence-corrected chi connectivity index (χ1v) is 5.00. The van der Waals surface area contributed by atoms with Crippen molar-refractivity contribution in [2.45, 2.75) is 20.0 Å². The number of rotatable bonds is 1. The number of hydrogen-bond donors (Lipinski definition) is 0. The summed E-state index contributed by atoms with van der Waals surface area (Å²) in [5.74, 6) is 0. The van der Waals surface area contributed by atoms with E-state index in [1.165, 1.54) is 0 Å². The molecule has 0 aliphatic carbocycles. The average molecular weight is 277 g/mol. The standard InChI is InChI=1S/C6H3Cl2F3N2O.C2H6/c1-13-3(5(8)14)2(7)4(12-13)6(9,10)11;1-2/h1H3;1-2H3. The maximum atomic E-state index is 12.2. The van der Waals surface area contributed by atoms with Crippen molar-refractivity contribution in [2.24, 2.45) is 7.05 Å². The number of nitrogens with zero attached hydrogens (tertiary/aromatic N) is 2. The van der Waals surface area contributed by atoms with Crippen LogP contribution < -0.4 is 0 Å². The van der Waals surface area contributed by atoms with Gasteiger partial charge >= 0.3 is 6.18 Å². The van der Waals surface area contributed by atoms with E-state index in [1.54, 1.807) is 0 Å². The molecular weight excluding hydrogens is 268 g/mol. The van der Waals surface area contributed by atoms with E-state index in [9.17, 15) is 18.0 Å². The van der Waals surface area contributed by atoms with Gasteiger partial charge in [-0.05, 0) is 11.6 Å². The van der Waals surface area contributed by atoms with Gasteiger partial charge in [-0.3, -0.25) is 9.48 Å². The molecule has 0 atom stereocenters. The average Bonchev–Trinajstić information content (AvgIpc) is 2.44. The number of alkyl halides is 3. The molecular formula is C8H9Cl2F3N2O. The summed E-state index contributed by atoms with van der Waals surface area (Å²) in [5, 5.41) is 1.20. The van der Waals surface area contributed by atoms with Crippen LogP contribution in [0.1, 0.15) is 30.0 Å². The van der Waals surface area contributed by atoms with Crippen molar-refractivity contribution in [3.8, 4) is 0 Å². The quantitative estimate of drug-likeness (QED) is 0.736. The fraction of sp³-hybridized carbons (Fsp3) is 0.500. The van der Waals surface area contributed by atoms with E-state index in [0.717, 1.165) is 7.05 Å². The van der Waals surface area contributed by atoms with E-state index in [2.05, 4.69) is 5.10 Å². The van der Waals surface area contributed by atoms with Gasteiger partial charge < -0.3 is 0 Å². The molecule has 0 fully saturated rings. The van der Waals surface area contributed by atoms with E-state index in [-0.39, 0.29) is 0 Å². The Hall–Kier alpha value is -0.750. The first-order chi connectivity index (χ1) is 7.25. The lowest BCUT2D eigenvalue weighted by Gasteiger charge is -2.00. The monoisotopic (exact) mass is 276 g/mol. The highest BCUT2D eigenvalue weighted by molar-refractivity contribution is 6.68. The Morgan fingerprint density at radius 2 is 1.81 bits per heavy atom. The molecule has 0 saturated heterocycles. The zero-order valence-electron chi connectivity index (χ0n) is 8.69. The fourth-order valence-electron chi connectivity index (χ4n) is 0.893. The summed E-state index contributed by atoms with van der Waals surface area (Å²) in [6.45, 7) is 4.00. The van der Waals surface area contributed by atoms with Gasteiger partial charge in [0.2, 0.25) is 0 Å². The van der Waals surface area contributed by atoms with Crippen LogP contribution in [-0.4, -0.2) is 15.0 Å². The van der Waals surface area contributed by atoms with Crippen LogP contribution >= 0.6 is 23.2 Å². The minimum absolute atomic E-state index is 0.472. The van der Waals surface area contributed by atoms with Gasteiger partial charge in [0, 0.05) is 7.05 Å². The summed E-state index contributed by atoms with van der Waals surface area (Å²) in [6.07, 6.45) is -4.70. The van der Waals surface area contributed by atoms with Crippen LogP contribution in [0.2, 0.25) is 5.02 Å². The lowest BCUT2D eigenvalue weighted by Crippen LogP contribution is -2.07. The lowest BCUT2D eigenvalue weighted by molar-refractivity contribution is -0.141. The molecule has 3 nitrogen and oxygen atoms in total. The third-order valence-electron chi connectivity index (χ3n) is 1.44. The van der Waals surface area contributed by atoms with Gasteiger partial charge in [0.15, 0.2) is 5.69 Å². The molecule has 8 heteroatoms. The number of hydrogen-bond acceptors (Lipinski definition) is 2. The van der Waals surface area contributed by atoms with Crippen molar-refractivity contribution < 1.29 is 18.0 Å². The summed E-state index contributed by atoms with van der Waals surface area (Å²) >= 11 is 10.3. The van der Waals surface area contributed by atoms with Crippen LogP contribution in [0.25, 0.3) is 0 Å². The van der Waals surface area contributed by atoms with Crippen LogP contribution in [0.15, 0.2) is 0 Å². The van der Waals surface area contributed by atoms with Crippen molar-refractivity contribution in [1.82, 2.24) is 9.78 Å². The molecule has 0 aliphatic heterocycles. The molecule has 0 amide bonds. The molecule has 0 aliphatic rings. The van der Waals surface area contributed by atoms with E-state index < -0.39 is 27.8 Å². The Balaban J connectivity index is 0.00000106. The molecule has 0 saturated carbocycles. The fourth-order valence-corrected chi connectivity index (χ4v) is 1.51. The van der Waals surface area contributed by atoms with Gasteiger partial charge in [-0.25, -0.2) is 0 Å². The summed E-state index contributed by atoms with van der Waals surface area (Å²) in [7, 11) is 1.15. The normalized spacial score (nSPS) is 10.8. The second kappa shape index (κ2) is 5.54. The number of aryl methyl sites for hydroxylation is 1. The molecule has 0 bridgehead atoms. The first-order valence-electron chi connectivity index (χ1n) is 4.24. The number of carbonyl (C=O) groups is 1. The van der Waals surface area contributed by atoms with Gasteiger partial charge in [-0.1, -0.05) is 25.4 Å². The Morgan fingerprint density at radius 3 is 2.00 bits per heavy atom. The smallest absolute Gasteiger partial charge is 0.274 e. The molecule has 16 heavy (non-hydrogen) atoms. The Morgan fingerprint density at radius 1 is 1.38 bits per heavy atom. The summed E-state index contributed by atoms with van der Waals surface area (Å²) < 4.78 is 37.3. The minimum Gasteiger partial charge on any atom is -0.274 e. The highest BCUT2D eigenvalue weighted by Gasteiger charge is 2.39. The van der Waals surface area contributed by atoms with Gasteiger partial charge in [0.05, 0.1) is 0 Å². The van der Waals surface area contributed by atoms with Gasteiger partial charge in [-0.15, -0.1) is 0 Å². The van der Waals surface area contributed by atoms with Crippen LogP contribution in [0, 0.1) is 0 Å². The molecule has 1 heterocycles. The lowest BCUT2D eigenvalue weighted by atomic mass is 10.3. The van der Waals surface area contributed by atoms with E-state index in [0.29, 0.717) is 4.68 Å². The maximum Gasteiger partial charge on any atom is 0.436 e. The zero-order chi connectivity index (χ0) is 13.1. The molecule has 0 N–H and O–H groups in total. The summed E-state index contributed by atoms with van der Waals surface area (Å²) in [6, 6.07) is 0. The summed E-state index contributed by atoms with van der Waals surface area (Å²) in [5.41, 5.74) is -1.79. The molecule has 1 aromatic heterocycles. The Kier molecular flexibility index (Phi) is 5.28. The van der Waals surface area contributed by atoms with E-state index in [1.807, 2.05) is 13.8 Å². The maximum absolute atomic E-state index is 12.2. The largest absolute Gasteiger partial charge is 0.436 e. The second-order valence-electron chi connectivity index (χ2n) is 2.41. The van der Waals surface area contributed by atoms with Gasteiger partial charge in [0.25, 0.3) is 5.24 Å². The van der Waals surface area contributed by atoms with Crippen molar-refractivity contribution >= 4 is 28.4 Å². The molecule has 92 valence electrons. The van der Waals surface area contributed by atoms with E-state index in [4.69, 9.17) is 23.2 Å². The highest BCUT2D eigenvalue weighted by Crippen LogP contribution is 2.35. The molecule has 0 aromatic carbocycles. The number of halogens is 5. The van der Waals surface area contributed by atoms with Crippen LogP contribution in [0.3, 0.4) is 0 Å². The van der Waals surface area contributed by atoms with Crippen molar-refractivity contribution in [3.63, 3.8) is 0 Å². The van der Waals surface area contributed by atoms with Crippen molar-refractivity contribution in [3.05, 3.63) is 16.4 Å². The molecule has 1 rings (SSSR count). The Bertz CT molecular complexity index is 387. The second-order valence-corrected chi connectivity index (χ2v) is 3.13. The Labute approximate surface area is 100 Å². The van der Waals surface area contributed by atoms with Gasteiger partial charge in [-0.2, -0.15) is 18.3 Å². The number of carbonyl (C=O) groups excluding carboxylic acids is 1.